The van der Waals surface area contributed by atoms with Gasteiger partial charge in [-0.25, -0.2) is 19.1 Å². The van der Waals surface area contributed by atoms with Gasteiger partial charge in [0.25, 0.3) is 0 Å². The third-order valence-corrected chi connectivity index (χ3v) is 12.6. The standard InChI is InChI=1S/C44H50N6O4S.CO/c1-24-9-11-27(4)33(21-24)46-34-23-32(13-14-35(34)49-17-15-31(16-18-49)43(51)52)40-47-41-37(44(53)54-39-29(6)19-26(3)20-30(39)7)38(45-8)42(50(41)48-40)55-36-22-25(2)10-12-28(36)5;1-2/h9-14,21-23,26,29-31,39,46H,15-20H2,1-7H3,(H,47,48)(H,51,52);. The molecule has 5 aromatic rings. The van der Waals surface area contributed by atoms with Crippen LogP contribution in [0.4, 0.5) is 22.7 Å². The number of aromatic nitrogens is 3. The molecule has 2 unspecified atom stereocenters. The van der Waals surface area contributed by atoms with E-state index in [9.17, 15) is 14.7 Å². The number of nitrogens with one attached hydrogen (secondary N) is 2. The molecule has 0 bridgehead atoms. The summed E-state index contributed by atoms with van der Waals surface area (Å²) in [6.45, 7) is 28.8. The number of hydrogen-bond donors (Lipinski definition) is 3. The molecule has 1 aliphatic heterocycles. The maximum absolute atomic E-state index is 14.3. The van der Waals surface area contributed by atoms with E-state index < -0.39 is 11.9 Å². The number of hydrogen-bond acceptors (Lipinski definition) is 7. The number of carbonyl (C=O) groups is 2. The minimum absolute atomic E-state index is 0.176. The molecule has 2 fully saturated rings. The predicted molar refractivity (Wildman–Crippen MR) is 223 cm³/mol. The predicted octanol–water partition coefficient (Wildman–Crippen LogP) is 10.5. The molecular weight excluding hydrogens is 737 g/mol. The van der Waals surface area contributed by atoms with Crippen molar-refractivity contribution >= 4 is 52.1 Å². The van der Waals surface area contributed by atoms with Crippen molar-refractivity contribution in [2.24, 2.45) is 23.7 Å². The third-order valence-electron chi connectivity index (χ3n) is 11.4. The first-order valence-corrected chi connectivity index (χ1v) is 20.3. The molecule has 3 heterocycles. The third kappa shape index (κ3) is 8.62. The van der Waals surface area contributed by atoms with Crippen molar-refractivity contribution in [3.05, 3.63) is 100 Å². The molecule has 7 rings (SSSR count). The van der Waals surface area contributed by atoms with Gasteiger partial charge in [-0.05, 0) is 124 Å². The number of esters is 1. The summed E-state index contributed by atoms with van der Waals surface area (Å²) in [5.74, 6) is -0.106. The topological polar surface area (TPSA) is 136 Å². The Morgan fingerprint density at radius 3 is 2.23 bits per heavy atom. The van der Waals surface area contributed by atoms with Gasteiger partial charge in [-0.1, -0.05) is 56.8 Å². The van der Waals surface area contributed by atoms with Gasteiger partial charge in [-0.15, -0.1) is 0 Å². The monoisotopic (exact) mass is 786 g/mol. The number of benzene rings is 3. The van der Waals surface area contributed by atoms with Crippen LogP contribution in [-0.4, -0.2) is 50.8 Å². The molecular formula is C45H50N6O5S. The van der Waals surface area contributed by atoms with Crippen LogP contribution in [0.25, 0.3) is 21.9 Å². The molecule has 3 aromatic carbocycles. The van der Waals surface area contributed by atoms with Gasteiger partial charge >= 0.3 is 23.2 Å². The van der Waals surface area contributed by atoms with Crippen molar-refractivity contribution in [3.63, 3.8) is 0 Å². The van der Waals surface area contributed by atoms with Crippen molar-refractivity contribution in [1.29, 1.82) is 0 Å². The van der Waals surface area contributed by atoms with Crippen molar-refractivity contribution in [2.45, 2.75) is 90.2 Å². The van der Waals surface area contributed by atoms with E-state index in [4.69, 9.17) is 20.9 Å². The Kier molecular flexibility index (Phi) is 12.5. The summed E-state index contributed by atoms with van der Waals surface area (Å²) in [6.07, 6.45) is 2.86. The van der Waals surface area contributed by atoms with Crippen LogP contribution in [0.5, 0.6) is 0 Å². The summed E-state index contributed by atoms with van der Waals surface area (Å²) < 4.78 is 15.6. The number of ether oxygens (including phenoxy) is 1. The van der Waals surface area contributed by atoms with Crippen LogP contribution < -0.4 is 10.2 Å². The first kappa shape index (κ1) is 41.2. The molecule has 1 aliphatic carbocycles. The van der Waals surface area contributed by atoms with Crippen LogP contribution in [-0.2, 0) is 14.2 Å². The zero-order chi connectivity index (χ0) is 41.1. The number of carboxylic acids is 1. The number of H-pyrrole nitrogens is 1. The van der Waals surface area contributed by atoms with Crippen molar-refractivity contribution in [3.8, 4) is 11.4 Å². The fraction of sp³-hybridized carbons (Fsp3) is 0.400. The SMILES string of the molecule is [C-]#[N+]c1c(C(=O)OC2C(C)CC(C)CC2C)c2nc(-c3ccc(N4CCC(C(=O)O)CC4)c(Nc4cc(C)ccc4C)c3)[nH]n2c1Sc1cc(C)ccc1C.[C-]#[O+]. The summed E-state index contributed by atoms with van der Waals surface area (Å²) in [4.78, 5) is 38.3. The number of nitrogens with zero attached hydrogens (tertiary/aromatic N) is 4. The van der Waals surface area contributed by atoms with E-state index in [0.29, 0.717) is 48.3 Å². The van der Waals surface area contributed by atoms with Crippen molar-refractivity contribution in [2.75, 3.05) is 23.3 Å². The molecule has 57 heavy (non-hydrogen) atoms. The Labute approximate surface area is 338 Å². The van der Waals surface area contributed by atoms with Crippen LogP contribution in [0, 0.1) is 64.6 Å². The quantitative estimate of drug-likeness (QED) is 0.0763. The van der Waals surface area contributed by atoms with Gasteiger partial charge < -0.3 is 20.1 Å². The summed E-state index contributed by atoms with van der Waals surface area (Å²) in [5, 5.41) is 17.4. The number of carboxylic acid groups (broad SMARTS) is 1. The summed E-state index contributed by atoms with van der Waals surface area (Å²) in [7, 11) is 0. The fourth-order valence-electron chi connectivity index (χ4n) is 8.46. The van der Waals surface area contributed by atoms with Gasteiger partial charge in [0.05, 0.1) is 23.9 Å². The van der Waals surface area contributed by atoms with E-state index in [0.717, 1.165) is 62.6 Å². The number of aryl methyl sites for hydroxylation is 4. The number of fused-ring (bicyclic) bond motifs is 1. The summed E-state index contributed by atoms with van der Waals surface area (Å²) in [5.41, 5.74) is 8.74. The second kappa shape index (κ2) is 17.3. The van der Waals surface area contributed by atoms with Crippen LogP contribution in [0.2, 0.25) is 0 Å². The van der Waals surface area contributed by atoms with Gasteiger partial charge in [-0.3, -0.25) is 9.89 Å². The Morgan fingerprint density at radius 1 is 0.930 bits per heavy atom. The van der Waals surface area contributed by atoms with E-state index in [-0.39, 0.29) is 35.1 Å². The number of anilines is 3. The van der Waals surface area contributed by atoms with E-state index in [1.54, 1.807) is 4.52 Å². The zero-order valence-electron chi connectivity index (χ0n) is 33.6. The molecule has 0 spiro atoms. The molecule has 2 aromatic heterocycles. The first-order chi connectivity index (χ1) is 27.3. The number of aliphatic carboxylic acids is 1. The van der Waals surface area contributed by atoms with Gasteiger partial charge in [-0.2, -0.15) is 0 Å². The van der Waals surface area contributed by atoms with E-state index in [1.807, 2.05) is 19.9 Å². The van der Waals surface area contributed by atoms with Crippen LogP contribution in [0.3, 0.4) is 0 Å². The average molecular weight is 787 g/mol. The van der Waals surface area contributed by atoms with E-state index >= 15 is 0 Å². The molecule has 1 saturated carbocycles. The molecule has 2 aliphatic rings. The van der Waals surface area contributed by atoms with Gasteiger partial charge in [0.1, 0.15) is 16.7 Å². The van der Waals surface area contributed by atoms with Gasteiger partial charge in [0.15, 0.2) is 11.5 Å². The molecule has 12 heteroatoms. The number of aromatic amines is 1. The second-order valence-corrected chi connectivity index (χ2v) is 16.9. The maximum atomic E-state index is 14.3. The molecule has 0 radical (unpaired) electrons. The molecule has 1 saturated heterocycles. The van der Waals surface area contributed by atoms with Crippen LogP contribution >= 0.6 is 11.8 Å². The molecule has 296 valence electrons. The van der Waals surface area contributed by atoms with Crippen LogP contribution in [0.15, 0.2) is 64.5 Å². The fourth-order valence-corrected chi connectivity index (χ4v) is 9.61. The second-order valence-electron chi connectivity index (χ2n) is 15.9. The van der Waals surface area contributed by atoms with Crippen molar-refractivity contribution in [1.82, 2.24) is 14.6 Å². The zero-order valence-corrected chi connectivity index (χ0v) is 34.4. The van der Waals surface area contributed by atoms with E-state index in [1.165, 1.54) is 11.8 Å². The molecule has 2 atom stereocenters. The van der Waals surface area contributed by atoms with E-state index in [2.05, 4.69) is 110 Å². The van der Waals surface area contributed by atoms with Gasteiger partial charge in [0.2, 0.25) is 5.69 Å². The normalized spacial score (nSPS) is 19.7. The first-order valence-electron chi connectivity index (χ1n) is 19.5. The summed E-state index contributed by atoms with van der Waals surface area (Å²) in [6, 6.07) is 18.6. The minimum atomic E-state index is -0.741. The molecule has 3 N–H and O–H groups in total. The molecule has 0 amide bonds. The number of carbonyl (C=O) groups excluding carboxylic acids is 1. The molecule has 11 nitrogen and oxygen atoms in total. The Bertz CT molecular complexity index is 2350. The number of piperidine rings is 1. The van der Waals surface area contributed by atoms with Gasteiger partial charge in [0, 0.05) is 29.2 Å². The van der Waals surface area contributed by atoms with Crippen LogP contribution in [0.1, 0.15) is 79.1 Å². The Morgan fingerprint density at radius 2 is 1.58 bits per heavy atom. The number of rotatable bonds is 9. The Balaban J connectivity index is 0.00000270. The summed E-state index contributed by atoms with van der Waals surface area (Å²) >= 11 is 1.44. The average Bonchev–Trinajstić information content (AvgIpc) is 3.74. The van der Waals surface area contributed by atoms with Crippen molar-refractivity contribution < 1.29 is 24.1 Å². The Hall–Kier alpha value is -5.47.